The zero-order valence-electron chi connectivity index (χ0n) is 10.4. The zero-order chi connectivity index (χ0) is 12.4. The van der Waals surface area contributed by atoms with E-state index in [0.717, 1.165) is 12.8 Å². The summed E-state index contributed by atoms with van der Waals surface area (Å²) in [4.78, 5) is 23.0. The Hall–Kier alpha value is -1.10. The Morgan fingerprint density at radius 2 is 1.94 bits per heavy atom. The lowest BCUT2D eigenvalue weighted by Gasteiger charge is -2.16. The second-order valence-electron chi connectivity index (χ2n) is 3.73. The third-order valence-corrected chi connectivity index (χ3v) is 2.35. The van der Waals surface area contributed by atoms with Gasteiger partial charge in [-0.15, -0.1) is 0 Å². The highest BCUT2D eigenvalue weighted by atomic mass is 16.2. The predicted octanol–water partition coefficient (Wildman–Crippen LogP) is 0.0169. The van der Waals surface area contributed by atoms with Crippen LogP contribution in [0.3, 0.4) is 0 Å². The van der Waals surface area contributed by atoms with Gasteiger partial charge in [-0.1, -0.05) is 19.8 Å². The largest absolute Gasteiger partial charge is 0.357 e. The quantitative estimate of drug-likeness (QED) is 0.549. The summed E-state index contributed by atoms with van der Waals surface area (Å²) < 4.78 is 0. The third kappa shape index (κ3) is 6.40. The fourth-order valence-electron chi connectivity index (χ4n) is 1.36. The first-order chi connectivity index (χ1) is 7.65. The Kier molecular flexibility index (Phi) is 8.52. The van der Waals surface area contributed by atoms with Crippen LogP contribution in [-0.4, -0.2) is 38.5 Å². The Labute approximate surface area is 97.4 Å². The van der Waals surface area contributed by atoms with Gasteiger partial charge in [-0.25, -0.2) is 0 Å². The van der Waals surface area contributed by atoms with E-state index in [1.165, 1.54) is 0 Å². The molecule has 0 saturated heterocycles. The molecular weight excluding hydrogens is 206 g/mol. The number of amides is 2. The minimum absolute atomic E-state index is 0.0842. The first-order valence-electron chi connectivity index (χ1n) is 5.81. The molecule has 0 saturated carbocycles. The fraction of sp³-hybridized carbons (Fsp3) is 0.818. The minimum Gasteiger partial charge on any atom is -0.357 e. The molecule has 0 spiro atoms. The number of likely N-dealkylation sites (N-methyl/N-ethyl adjacent to an activating group) is 1. The zero-order valence-corrected chi connectivity index (χ0v) is 10.4. The van der Waals surface area contributed by atoms with E-state index in [0.29, 0.717) is 19.4 Å². The SMILES string of the molecule is CCCCC(NC(=O)CCNC)C(=O)NC. The molecule has 0 heterocycles. The molecule has 3 N–H and O–H groups in total. The molecule has 0 aliphatic heterocycles. The fourth-order valence-corrected chi connectivity index (χ4v) is 1.36. The lowest BCUT2D eigenvalue weighted by Crippen LogP contribution is -2.46. The lowest BCUT2D eigenvalue weighted by atomic mass is 10.1. The summed E-state index contributed by atoms with van der Waals surface area (Å²) in [7, 11) is 3.38. The van der Waals surface area contributed by atoms with E-state index in [9.17, 15) is 9.59 Å². The molecule has 0 aromatic heterocycles. The Balaban J connectivity index is 4.08. The molecule has 2 amide bonds. The highest BCUT2D eigenvalue weighted by molar-refractivity contribution is 5.87. The molecule has 5 heteroatoms. The summed E-state index contributed by atoms with van der Waals surface area (Å²) in [5, 5.41) is 8.21. The van der Waals surface area contributed by atoms with Crippen LogP contribution < -0.4 is 16.0 Å². The third-order valence-electron chi connectivity index (χ3n) is 2.35. The van der Waals surface area contributed by atoms with E-state index in [4.69, 9.17) is 0 Å². The maximum absolute atomic E-state index is 11.5. The highest BCUT2D eigenvalue weighted by Crippen LogP contribution is 2.01. The normalized spacial score (nSPS) is 11.9. The van der Waals surface area contributed by atoms with Crippen LogP contribution in [0.25, 0.3) is 0 Å². The van der Waals surface area contributed by atoms with Crippen molar-refractivity contribution in [3.63, 3.8) is 0 Å². The van der Waals surface area contributed by atoms with E-state index >= 15 is 0 Å². The van der Waals surface area contributed by atoms with Crippen LogP contribution in [0.4, 0.5) is 0 Å². The number of carbonyl (C=O) groups excluding carboxylic acids is 2. The van der Waals surface area contributed by atoms with Crippen LogP contribution in [-0.2, 0) is 9.59 Å². The molecule has 0 radical (unpaired) electrons. The summed E-state index contributed by atoms with van der Waals surface area (Å²) in [5.41, 5.74) is 0. The Morgan fingerprint density at radius 3 is 2.44 bits per heavy atom. The molecular formula is C11H23N3O2. The number of rotatable bonds is 8. The van der Waals surface area contributed by atoms with Crippen LogP contribution in [0.5, 0.6) is 0 Å². The van der Waals surface area contributed by atoms with Gasteiger partial charge in [-0.2, -0.15) is 0 Å². The van der Waals surface area contributed by atoms with Crippen LogP contribution in [0, 0.1) is 0 Å². The van der Waals surface area contributed by atoms with E-state index in [1.54, 1.807) is 14.1 Å². The van der Waals surface area contributed by atoms with Crippen LogP contribution in [0.2, 0.25) is 0 Å². The van der Waals surface area contributed by atoms with E-state index in [-0.39, 0.29) is 11.8 Å². The highest BCUT2D eigenvalue weighted by Gasteiger charge is 2.18. The first-order valence-corrected chi connectivity index (χ1v) is 5.81. The second kappa shape index (κ2) is 9.15. The standard InChI is InChI=1S/C11H23N3O2/c1-4-5-6-9(11(16)13-3)14-10(15)7-8-12-2/h9,12H,4-8H2,1-3H3,(H,13,16)(H,14,15). The van der Waals surface area contributed by atoms with Crippen molar-refractivity contribution in [1.29, 1.82) is 0 Å². The molecule has 1 atom stereocenters. The van der Waals surface area contributed by atoms with Gasteiger partial charge in [0.1, 0.15) is 6.04 Å². The Bertz CT molecular complexity index is 219. The Morgan fingerprint density at radius 1 is 1.25 bits per heavy atom. The number of carbonyl (C=O) groups is 2. The van der Waals surface area contributed by atoms with Crippen molar-refractivity contribution in [1.82, 2.24) is 16.0 Å². The molecule has 0 bridgehead atoms. The van der Waals surface area contributed by atoms with E-state index < -0.39 is 6.04 Å². The number of unbranched alkanes of at least 4 members (excludes halogenated alkanes) is 1. The molecule has 1 unspecified atom stereocenters. The molecule has 5 nitrogen and oxygen atoms in total. The maximum Gasteiger partial charge on any atom is 0.242 e. The van der Waals surface area contributed by atoms with Gasteiger partial charge in [0.05, 0.1) is 0 Å². The van der Waals surface area contributed by atoms with Gasteiger partial charge in [0, 0.05) is 20.0 Å². The van der Waals surface area contributed by atoms with Crippen molar-refractivity contribution in [2.75, 3.05) is 20.6 Å². The molecule has 0 aliphatic rings. The summed E-state index contributed by atoms with van der Waals surface area (Å²) in [6.07, 6.45) is 3.04. The van der Waals surface area contributed by atoms with Crippen molar-refractivity contribution in [3.05, 3.63) is 0 Å². The van der Waals surface area contributed by atoms with Crippen molar-refractivity contribution < 1.29 is 9.59 Å². The minimum atomic E-state index is -0.394. The number of hydrogen-bond donors (Lipinski definition) is 3. The first kappa shape index (κ1) is 14.9. The predicted molar refractivity (Wildman–Crippen MR) is 64.1 cm³/mol. The van der Waals surface area contributed by atoms with Gasteiger partial charge >= 0.3 is 0 Å². The van der Waals surface area contributed by atoms with Crippen molar-refractivity contribution in [3.8, 4) is 0 Å². The number of nitrogens with one attached hydrogen (secondary N) is 3. The maximum atomic E-state index is 11.5. The molecule has 16 heavy (non-hydrogen) atoms. The molecule has 0 aliphatic carbocycles. The summed E-state index contributed by atoms with van der Waals surface area (Å²) in [5.74, 6) is -0.203. The summed E-state index contributed by atoms with van der Waals surface area (Å²) in [6, 6.07) is -0.394. The van der Waals surface area contributed by atoms with E-state index in [1.807, 2.05) is 0 Å². The molecule has 0 fully saturated rings. The molecule has 94 valence electrons. The van der Waals surface area contributed by atoms with Crippen LogP contribution in [0.15, 0.2) is 0 Å². The van der Waals surface area contributed by atoms with Crippen LogP contribution >= 0.6 is 0 Å². The van der Waals surface area contributed by atoms with Crippen molar-refractivity contribution in [2.45, 2.75) is 38.6 Å². The number of hydrogen-bond acceptors (Lipinski definition) is 3. The average molecular weight is 229 g/mol. The van der Waals surface area contributed by atoms with Crippen molar-refractivity contribution in [2.24, 2.45) is 0 Å². The smallest absolute Gasteiger partial charge is 0.242 e. The lowest BCUT2D eigenvalue weighted by molar-refractivity contribution is -0.128. The van der Waals surface area contributed by atoms with Gasteiger partial charge in [-0.05, 0) is 13.5 Å². The van der Waals surface area contributed by atoms with Gasteiger partial charge in [0.15, 0.2) is 0 Å². The molecule has 0 rings (SSSR count). The average Bonchev–Trinajstić information content (AvgIpc) is 2.30. The monoisotopic (exact) mass is 229 g/mol. The molecule has 0 aromatic rings. The summed E-state index contributed by atoms with van der Waals surface area (Å²) >= 11 is 0. The van der Waals surface area contributed by atoms with Crippen LogP contribution in [0.1, 0.15) is 32.6 Å². The topological polar surface area (TPSA) is 70.2 Å². The van der Waals surface area contributed by atoms with E-state index in [2.05, 4.69) is 22.9 Å². The van der Waals surface area contributed by atoms with Gasteiger partial charge in [0.25, 0.3) is 0 Å². The second-order valence-corrected chi connectivity index (χ2v) is 3.73. The molecule has 0 aromatic carbocycles. The van der Waals surface area contributed by atoms with Gasteiger partial charge in [0.2, 0.25) is 11.8 Å². The van der Waals surface area contributed by atoms with Crippen molar-refractivity contribution >= 4 is 11.8 Å². The van der Waals surface area contributed by atoms with Gasteiger partial charge < -0.3 is 16.0 Å². The van der Waals surface area contributed by atoms with Gasteiger partial charge in [-0.3, -0.25) is 9.59 Å². The summed E-state index contributed by atoms with van der Waals surface area (Å²) in [6.45, 7) is 2.68.